The molecule has 0 unspecified atom stereocenters. The molecule has 0 amide bonds. The van der Waals surface area contributed by atoms with Gasteiger partial charge in [0.15, 0.2) is 0 Å². The predicted octanol–water partition coefficient (Wildman–Crippen LogP) is 1.15. The summed E-state index contributed by atoms with van der Waals surface area (Å²) in [5.41, 5.74) is 1.41. The maximum absolute atomic E-state index is 3.22. The number of nitrogens with zero attached hydrogens (tertiary/aromatic N) is 1. The molecule has 0 aliphatic carbocycles. The van der Waals surface area contributed by atoms with Gasteiger partial charge in [-0.2, -0.15) is 0 Å². The molecule has 0 fully saturated rings. The Morgan fingerprint density at radius 2 is 2.45 bits per heavy atom. The van der Waals surface area contributed by atoms with Crippen LogP contribution in [0, 0.1) is 0 Å². The highest BCUT2D eigenvalue weighted by atomic mass is 15.0. The number of nitrogens with one attached hydrogen (secondary N) is 1. The summed E-state index contributed by atoms with van der Waals surface area (Å²) in [5.74, 6) is 0. The first-order valence-electron chi connectivity index (χ1n) is 3.99. The Morgan fingerprint density at radius 1 is 1.45 bits per heavy atom. The highest BCUT2D eigenvalue weighted by Gasteiger charge is 1.99. The third kappa shape index (κ3) is 1.29. The van der Waals surface area contributed by atoms with E-state index in [4.69, 9.17) is 0 Å². The second-order valence-corrected chi connectivity index (χ2v) is 2.75. The second-order valence-electron chi connectivity index (χ2n) is 2.75. The Bertz CT molecular complexity index is 260. The van der Waals surface area contributed by atoms with Gasteiger partial charge in [-0.05, 0) is 18.3 Å². The van der Waals surface area contributed by atoms with E-state index >= 15 is 0 Å². The van der Waals surface area contributed by atoms with E-state index in [1.165, 1.54) is 5.69 Å². The molecule has 2 heteroatoms. The molecule has 1 aliphatic heterocycles. The highest BCUT2D eigenvalue weighted by molar-refractivity contribution is 5.11. The molecule has 2 rings (SSSR count). The van der Waals surface area contributed by atoms with Crippen LogP contribution in [-0.4, -0.2) is 11.1 Å². The Hall–Kier alpha value is -1.18. The van der Waals surface area contributed by atoms with Gasteiger partial charge >= 0.3 is 0 Å². The molecule has 1 N–H and O–H groups in total. The Balaban J connectivity index is 2.27. The van der Waals surface area contributed by atoms with Crippen molar-refractivity contribution in [3.05, 3.63) is 36.3 Å². The third-order valence-corrected chi connectivity index (χ3v) is 1.98. The maximum Gasteiger partial charge on any atom is 0.0395 e. The average molecular weight is 148 g/mol. The molecule has 1 aliphatic rings. The third-order valence-electron chi connectivity index (χ3n) is 1.98. The van der Waals surface area contributed by atoms with Gasteiger partial charge in [0.05, 0.1) is 0 Å². The van der Waals surface area contributed by atoms with Crippen LogP contribution in [-0.2, 0) is 13.0 Å². The van der Waals surface area contributed by atoms with Gasteiger partial charge in [0.2, 0.25) is 0 Å². The Labute approximate surface area is 66.5 Å². The van der Waals surface area contributed by atoms with E-state index in [-0.39, 0.29) is 0 Å². The average Bonchev–Trinajstić information content (AvgIpc) is 2.35. The zero-order valence-corrected chi connectivity index (χ0v) is 6.46. The molecule has 0 bridgehead atoms. The first kappa shape index (κ1) is 6.53. The molecule has 1 aromatic heterocycles. The van der Waals surface area contributed by atoms with Crippen molar-refractivity contribution in [3.63, 3.8) is 0 Å². The van der Waals surface area contributed by atoms with Crippen LogP contribution in [0.4, 0.5) is 0 Å². The second kappa shape index (κ2) is 2.82. The number of fused-ring (bicyclic) bond motifs is 1. The van der Waals surface area contributed by atoms with Crippen LogP contribution < -0.4 is 5.32 Å². The Morgan fingerprint density at radius 3 is 3.45 bits per heavy atom. The molecule has 0 atom stereocenters. The van der Waals surface area contributed by atoms with Crippen LogP contribution in [0.1, 0.15) is 5.69 Å². The fourth-order valence-corrected chi connectivity index (χ4v) is 1.38. The molecule has 2 nitrogen and oxygen atoms in total. The van der Waals surface area contributed by atoms with Gasteiger partial charge in [-0.25, -0.2) is 0 Å². The van der Waals surface area contributed by atoms with Crippen molar-refractivity contribution in [2.75, 3.05) is 6.54 Å². The number of hydrogen-bond acceptors (Lipinski definition) is 1. The molecule has 1 aromatic rings. The number of rotatable bonds is 0. The van der Waals surface area contributed by atoms with Crippen molar-refractivity contribution in [1.29, 1.82) is 0 Å². The molecule has 0 radical (unpaired) electrons. The predicted molar refractivity (Wildman–Crippen MR) is 45.3 cm³/mol. The standard InChI is InChI=1S/C9H12N2/c1-3-9-4-2-7-11(9)8-6-10-5-1/h1-2,4-5,7,10H,3,6,8H2/b5-1-. The fourth-order valence-electron chi connectivity index (χ4n) is 1.38. The summed E-state index contributed by atoms with van der Waals surface area (Å²) in [5, 5.41) is 3.22. The minimum absolute atomic E-state index is 1.03. The fraction of sp³-hybridized carbons (Fsp3) is 0.333. The molecule has 58 valence electrons. The van der Waals surface area contributed by atoms with Gasteiger partial charge < -0.3 is 9.88 Å². The van der Waals surface area contributed by atoms with E-state index in [0.29, 0.717) is 0 Å². The zero-order chi connectivity index (χ0) is 7.52. The summed E-state index contributed by atoms with van der Waals surface area (Å²) >= 11 is 0. The van der Waals surface area contributed by atoms with Crippen molar-refractivity contribution >= 4 is 0 Å². The minimum atomic E-state index is 1.03. The van der Waals surface area contributed by atoms with Gasteiger partial charge in [0.1, 0.15) is 0 Å². The lowest BCUT2D eigenvalue weighted by Crippen LogP contribution is -2.17. The summed E-state index contributed by atoms with van der Waals surface area (Å²) in [6.07, 6.45) is 7.37. The van der Waals surface area contributed by atoms with E-state index in [1.54, 1.807) is 0 Å². The normalized spacial score (nSPS) is 19.3. The van der Waals surface area contributed by atoms with E-state index < -0.39 is 0 Å². The summed E-state index contributed by atoms with van der Waals surface area (Å²) in [6, 6.07) is 4.28. The first-order valence-corrected chi connectivity index (χ1v) is 3.99. The van der Waals surface area contributed by atoms with Crippen molar-refractivity contribution in [2.45, 2.75) is 13.0 Å². The van der Waals surface area contributed by atoms with Crippen LogP contribution in [0.15, 0.2) is 30.6 Å². The topological polar surface area (TPSA) is 17.0 Å². The smallest absolute Gasteiger partial charge is 0.0395 e. The molecule has 0 spiro atoms. The van der Waals surface area contributed by atoms with Crippen LogP contribution in [0.5, 0.6) is 0 Å². The van der Waals surface area contributed by atoms with Crippen LogP contribution in [0.3, 0.4) is 0 Å². The van der Waals surface area contributed by atoms with Crippen molar-refractivity contribution in [2.24, 2.45) is 0 Å². The summed E-state index contributed by atoms with van der Waals surface area (Å²) in [4.78, 5) is 0. The lowest BCUT2D eigenvalue weighted by Gasteiger charge is -2.10. The number of aromatic nitrogens is 1. The van der Waals surface area contributed by atoms with Gasteiger partial charge in [0.25, 0.3) is 0 Å². The first-order chi connectivity index (χ1) is 5.47. The summed E-state index contributed by atoms with van der Waals surface area (Å²) in [6.45, 7) is 2.10. The Kier molecular flexibility index (Phi) is 1.68. The number of hydrogen-bond donors (Lipinski definition) is 1. The maximum atomic E-state index is 3.22. The molecule has 0 aromatic carbocycles. The zero-order valence-electron chi connectivity index (χ0n) is 6.46. The van der Waals surface area contributed by atoms with Crippen LogP contribution >= 0.6 is 0 Å². The quantitative estimate of drug-likeness (QED) is 0.584. The van der Waals surface area contributed by atoms with Crippen molar-refractivity contribution in [1.82, 2.24) is 9.88 Å². The minimum Gasteiger partial charge on any atom is -0.389 e. The van der Waals surface area contributed by atoms with Gasteiger partial charge in [0, 0.05) is 31.4 Å². The highest BCUT2D eigenvalue weighted by Crippen LogP contribution is 2.04. The lowest BCUT2D eigenvalue weighted by molar-refractivity contribution is 0.634. The lowest BCUT2D eigenvalue weighted by atomic mass is 10.3. The van der Waals surface area contributed by atoms with Crippen LogP contribution in [0.25, 0.3) is 0 Å². The van der Waals surface area contributed by atoms with Gasteiger partial charge in [-0.1, -0.05) is 6.08 Å². The largest absolute Gasteiger partial charge is 0.389 e. The van der Waals surface area contributed by atoms with E-state index in [1.807, 2.05) is 6.20 Å². The summed E-state index contributed by atoms with van der Waals surface area (Å²) in [7, 11) is 0. The summed E-state index contributed by atoms with van der Waals surface area (Å²) < 4.78 is 2.29. The molecular weight excluding hydrogens is 136 g/mol. The van der Waals surface area contributed by atoms with Gasteiger partial charge in [-0.15, -0.1) is 0 Å². The SMILES string of the molecule is C1=C\NCCn2cccc2C/1. The number of allylic oxidation sites excluding steroid dienone is 1. The molecule has 2 heterocycles. The van der Waals surface area contributed by atoms with E-state index in [2.05, 4.69) is 34.3 Å². The molecule has 11 heavy (non-hydrogen) atoms. The van der Waals surface area contributed by atoms with Crippen molar-refractivity contribution < 1.29 is 0 Å². The van der Waals surface area contributed by atoms with Crippen LogP contribution in [0.2, 0.25) is 0 Å². The molecular formula is C9H12N2. The van der Waals surface area contributed by atoms with Crippen molar-refractivity contribution in [3.8, 4) is 0 Å². The van der Waals surface area contributed by atoms with E-state index in [9.17, 15) is 0 Å². The molecule has 0 saturated heterocycles. The van der Waals surface area contributed by atoms with Gasteiger partial charge in [-0.3, -0.25) is 0 Å². The van der Waals surface area contributed by atoms with E-state index in [0.717, 1.165) is 19.5 Å². The molecule has 0 saturated carbocycles. The monoisotopic (exact) mass is 148 g/mol.